The lowest BCUT2D eigenvalue weighted by Gasteiger charge is -2.42. The second kappa shape index (κ2) is 5.39. The smallest absolute Gasteiger partial charge is 0.337 e. The Hall–Kier alpha value is -2.04. The van der Waals surface area contributed by atoms with E-state index in [1.807, 2.05) is 19.1 Å². The number of carboxylic acids is 1. The predicted octanol–water partition coefficient (Wildman–Crippen LogP) is 1.80. The van der Waals surface area contributed by atoms with E-state index in [0.717, 1.165) is 37.2 Å². The van der Waals surface area contributed by atoms with Crippen molar-refractivity contribution in [2.75, 3.05) is 18.0 Å². The van der Waals surface area contributed by atoms with E-state index >= 15 is 0 Å². The molecule has 0 aromatic heterocycles. The van der Waals surface area contributed by atoms with Gasteiger partial charge in [0.15, 0.2) is 0 Å². The van der Waals surface area contributed by atoms with E-state index in [9.17, 15) is 14.7 Å². The van der Waals surface area contributed by atoms with Crippen LogP contribution >= 0.6 is 0 Å². The molecule has 5 nitrogen and oxygen atoms in total. The van der Waals surface area contributed by atoms with Crippen LogP contribution in [-0.4, -0.2) is 36.1 Å². The van der Waals surface area contributed by atoms with Crippen LogP contribution < -0.4 is 10.2 Å². The van der Waals surface area contributed by atoms with Crippen LogP contribution in [0.2, 0.25) is 0 Å². The van der Waals surface area contributed by atoms with E-state index in [1.54, 1.807) is 6.07 Å². The van der Waals surface area contributed by atoms with Gasteiger partial charge in [-0.25, -0.2) is 4.79 Å². The molecule has 0 aliphatic carbocycles. The lowest BCUT2D eigenvalue weighted by molar-refractivity contribution is -0.124. The number of carbonyl (C=O) groups excluding carboxylic acids is 1. The van der Waals surface area contributed by atoms with E-state index in [4.69, 9.17) is 0 Å². The zero-order valence-electron chi connectivity index (χ0n) is 12.1. The monoisotopic (exact) mass is 288 g/mol. The fraction of sp³-hybridized carbons (Fsp3) is 0.500. The van der Waals surface area contributed by atoms with Gasteiger partial charge in [-0.3, -0.25) is 4.79 Å². The molecule has 21 heavy (non-hydrogen) atoms. The largest absolute Gasteiger partial charge is 0.478 e. The summed E-state index contributed by atoms with van der Waals surface area (Å²) in [4.78, 5) is 25.1. The van der Waals surface area contributed by atoms with Crippen molar-refractivity contribution in [3.63, 3.8) is 0 Å². The van der Waals surface area contributed by atoms with E-state index in [-0.39, 0.29) is 11.9 Å². The van der Waals surface area contributed by atoms with Crippen molar-refractivity contribution in [2.45, 2.75) is 32.2 Å². The summed E-state index contributed by atoms with van der Waals surface area (Å²) in [5, 5.41) is 12.5. The summed E-state index contributed by atoms with van der Waals surface area (Å²) >= 11 is 0. The van der Waals surface area contributed by atoms with Gasteiger partial charge in [0.25, 0.3) is 0 Å². The van der Waals surface area contributed by atoms with E-state index in [1.165, 1.54) is 0 Å². The van der Waals surface area contributed by atoms with E-state index < -0.39 is 5.97 Å². The van der Waals surface area contributed by atoms with Crippen molar-refractivity contribution in [3.8, 4) is 0 Å². The average Bonchev–Trinajstić information content (AvgIpc) is 2.46. The fourth-order valence-corrected chi connectivity index (χ4v) is 3.43. The van der Waals surface area contributed by atoms with Crippen molar-refractivity contribution in [3.05, 3.63) is 29.3 Å². The Morgan fingerprint density at radius 1 is 1.38 bits per heavy atom. The third kappa shape index (κ3) is 2.73. The molecule has 0 radical (unpaired) electrons. The Morgan fingerprint density at radius 3 is 2.95 bits per heavy atom. The Labute approximate surface area is 123 Å². The summed E-state index contributed by atoms with van der Waals surface area (Å²) in [7, 11) is 0. The summed E-state index contributed by atoms with van der Waals surface area (Å²) in [5.74, 6) is -0.321. The number of nitrogens with one attached hydrogen (secondary N) is 1. The molecule has 0 saturated carbocycles. The quantitative estimate of drug-likeness (QED) is 0.870. The molecule has 2 aliphatic rings. The van der Waals surface area contributed by atoms with Crippen molar-refractivity contribution >= 4 is 17.6 Å². The van der Waals surface area contributed by atoms with Gasteiger partial charge < -0.3 is 15.3 Å². The molecule has 2 fully saturated rings. The van der Waals surface area contributed by atoms with Crippen LogP contribution in [0.1, 0.15) is 35.2 Å². The molecule has 112 valence electrons. The van der Waals surface area contributed by atoms with Crippen LogP contribution in [0.15, 0.2) is 18.2 Å². The lowest BCUT2D eigenvalue weighted by Crippen LogP contribution is -2.54. The summed E-state index contributed by atoms with van der Waals surface area (Å²) in [6, 6.07) is 5.84. The fourth-order valence-electron chi connectivity index (χ4n) is 3.43. The molecular formula is C16H20N2O3. The summed E-state index contributed by atoms with van der Waals surface area (Å²) < 4.78 is 0. The Bertz CT molecular complexity index is 585. The summed E-state index contributed by atoms with van der Waals surface area (Å²) in [5.41, 5.74) is 2.12. The number of carbonyl (C=O) groups is 2. The number of fused-ring (bicyclic) bond motifs is 1. The normalized spacial score (nSPS) is 25.2. The number of aryl methyl sites for hydroxylation is 1. The van der Waals surface area contributed by atoms with Gasteiger partial charge in [-0.1, -0.05) is 11.6 Å². The minimum absolute atomic E-state index is 0.145. The Balaban J connectivity index is 1.82. The van der Waals surface area contributed by atoms with Crippen LogP contribution in [0.4, 0.5) is 5.69 Å². The maximum atomic E-state index is 11.5. The highest BCUT2D eigenvalue weighted by molar-refractivity contribution is 5.94. The second-order valence-corrected chi connectivity index (χ2v) is 6.03. The average molecular weight is 288 g/mol. The SMILES string of the molecule is Cc1ccc(N2CCC3NC(=O)CCC3C2)c(C(=O)O)c1. The maximum absolute atomic E-state index is 11.5. The molecular weight excluding hydrogens is 268 g/mol. The standard InChI is InChI=1S/C16H20N2O3/c1-10-2-4-14(12(8-10)16(20)21)18-7-6-13-11(9-18)3-5-15(19)17-13/h2,4,8,11,13H,3,5-7,9H2,1H3,(H,17,19)(H,20,21). The van der Waals surface area contributed by atoms with Crippen LogP contribution in [0, 0.1) is 12.8 Å². The van der Waals surface area contributed by atoms with Crippen molar-refractivity contribution in [1.29, 1.82) is 0 Å². The van der Waals surface area contributed by atoms with Crippen LogP contribution in [0.25, 0.3) is 0 Å². The number of carboxylic acid groups (broad SMARTS) is 1. The summed E-state index contributed by atoms with van der Waals surface area (Å²) in [6.07, 6.45) is 2.35. The zero-order valence-corrected chi connectivity index (χ0v) is 12.1. The maximum Gasteiger partial charge on any atom is 0.337 e. The number of hydrogen-bond donors (Lipinski definition) is 2. The molecule has 2 N–H and O–H groups in total. The molecule has 2 aliphatic heterocycles. The third-order valence-corrected chi connectivity index (χ3v) is 4.55. The molecule has 0 spiro atoms. The number of piperidine rings is 2. The Kier molecular flexibility index (Phi) is 3.57. The van der Waals surface area contributed by atoms with Gasteiger partial charge in [-0.15, -0.1) is 0 Å². The first-order valence-electron chi connectivity index (χ1n) is 7.43. The van der Waals surface area contributed by atoms with Gasteiger partial charge in [-0.05, 0) is 37.8 Å². The van der Waals surface area contributed by atoms with Gasteiger partial charge in [-0.2, -0.15) is 0 Å². The topological polar surface area (TPSA) is 69.6 Å². The van der Waals surface area contributed by atoms with Gasteiger partial charge in [0.2, 0.25) is 5.91 Å². The highest BCUT2D eigenvalue weighted by Gasteiger charge is 2.34. The molecule has 1 aromatic carbocycles. The first-order valence-corrected chi connectivity index (χ1v) is 7.43. The van der Waals surface area contributed by atoms with Gasteiger partial charge in [0.05, 0.1) is 11.3 Å². The number of aromatic carboxylic acids is 1. The zero-order chi connectivity index (χ0) is 15.0. The first kappa shape index (κ1) is 13.9. The van der Waals surface area contributed by atoms with Crippen LogP contribution in [0.3, 0.4) is 0 Å². The van der Waals surface area contributed by atoms with Crippen molar-refractivity contribution < 1.29 is 14.7 Å². The first-order chi connectivity index (χ1) is 10.0. The van der Waals surface area contributed by atoms with E-state index in [0.29, 0.717) is 17.9 Å². The highest BCUT2D eigenvalue weighted by Crippen LogP contribution is 2.31. The molecule has 2 heterocycles. The molecule has 1 aromatic rings. The lowest BCUT2D eigenvalue weighted by atomic mass is 9.84. The predicted molar refractivity (Wildman–Crippen MR) is 79.6 cm³/mol. The number of benzene rings is 1. The van der Waals surface area contributed by atoms with Gasteiger partial charge in [0, 0.05) is 25.6 Å². The molecule has 1 amide bonds. The number of hydrogen-bond acceptors (Lipinski definition) is 3. The second-order valence-electron chi connectivity index (χ2n) is 6.03. The molecule has 3 rings (SSSR count). The molecule has 0 bridgehead atoms. The number of rotatable bonds is 2. The van der Waals surface area contributed by atoms with Gasteiger partial charge >= 0.3 is 5.97 Å². The highest BCUT2D eigenvalue weighted by atomic mass is 16.4. The summed E-state index contributed by atoms with van der Waals surface area (Å²) in [6.45, 7) is 3.50. The third-order valence-electron chi connectivity index (χ3n) is 4.55. The molecule has 2 unspecified atom stereocenters. The Morgan fingerprint density at radius 2 is 2.19 bits per heavy atom. The van der Waals surface area contributed by atoms with Crippen LogP contribution in [0.5, 0.6) is 0 Å². The van der Waals surface area contributed by atoms with Gasteiger partial charge in [0.1, 0.15) is 0 Å². The van der Waals surface area contributed by atoms with Crippen molar-refractivity contribution in [1.82, 2.24) is 5.32 Å². The van der Waals surface area contributed by atoms with Crippen molar-refractivity contribution in [2.24, 2.45) is 5.92 Å². The molecule has 2 saturated heterocycles. The molecule has 2 atom stereocenters. The minimum atomic E-state index is -0.882. The number of anilines is 1. The minimum Gasteiger partial charge on any atom is -0.478 e. The number of amides is 1. The molecule has 5 heteroatoms. The van der Waals surface area contributed by atoms with Crippen LogP contribution in [-0.2, 0) is 4.79 Å². The number of nitrogens with zero attached hydrogens (tertiary/aromatic N) is 1. The van der Waals surface area contributed by atoms with E-state index in [2.05, 4.69) is 10.2 Å².